The van der Waals surface area contributed by atoms with Crippen LogP contribution in [0, 0.1) is 0 Å². The third-order valence-electron chi connectivity index (χ3n) is 2.60. The van der Waals surface area contributed by atoms with Crippen molar-refractivity contribution >= 4 is 5.91 Å². The SMILES string of the molecule is COC(C)CNC(=O)[C@H](N)Cc1ccccc1. The van der Waals surface area contributed by atoms with Gasteiger partial charge in [-0.05, 0) is 18.9 Å². The summed E-state index contributed by atoms with van der Waals surface area (Å²) in [5, 5.41) is 2.76. The van der Waals surface area contributed by atoms with E-state index in [1.54, 1.807) is 7.11 Å². The number of carbonyl (C=O) groups excluding carboxylic acids is 1. The standard InChI is InChI=1S/C13H20N2O2/c1-10(17-2)9-15-13(16)12(14)8-11-6-4-3-5-7-11/h3-7,10,12H,8-9,14H2,1-2H3,(H,15,16)/t10?,12-/m1/s1. The molecule has 3 N–H and O–H groups in total. The lowest BCUT2D eigenvalue weighted by Crippen LogP contribution is -2.44. The van der Waals surface area contributed by atoms with Gasteiger partial charge in [-0.15, -0.1) is 0 Å². The molecule has 4 heteroatoms. The first-order valence-electron chi connectivity index (χ1n) is 5.73. The van der Waals surface area contributed by atoms with Crippen LogP contribution in [0.3, 0.4) is 0 Å². The molecule has 0 aliphatic rings. The van der Waals surface area contributed by atoms with Crippen LogP contribution in [0.25, 0.3) is 0 Å². The summed E-state index contributed by atoms with van der Waals surface area (Å²) in [7, 11) is 1.61. The van der Waals surface area contributed by atoms with Gasteiger partial charge >= 0.3 is 0 Å². The normalized spacial score (nSPS) is 14.1. The molecule has 17 heavy (non-hydrogen) atoms. The second-order valence-electron chi connectivity index (χ2n) is 4.09. The summed E-state index contributed by atoms with van der Waals surface area (Å²) in [6, 6.07) is 9.23. The highest BCUT2D eigenvalue weighted by molar-refractivity contribution is 5.81. The lowest BCUT2D eigenvalue weighted by atomic mass is 10.1. The molecule has 2 atom stereocenters. The predicted molar refractivity (Wildman–Crippen MR) is 67.6 cm³/mol. The number of carbonyl (C=O) groups is 1. The average molecular weight is 236 g/mol. The van der Waals surface area contributed by atoms with E-state index in [1.165, 1.54) is 0 Å². The van der Waals surface area contributed by atoms with Crippen LogP contribution in [0.4, 0.5) is 0 Å². The number of hydrogen-bond acceptors (Lipinski definition) is 3. The van der Waals surface area contributed by atoms with Gasteiger partial charge in [0.1, 0.15) is 0 Å². The highest BCUT2D eigenvalue weighted by atomic mass is 16.5. The minimum Gasteiger partial charge on any atom is -0.380 e. The molecule has 1 aromatic carbocycles. The molecule has 94 valence electrons. The first kappa shape index (κ1) is 13.7. The number of methoxy groups -OCH3 is 1. The highest BCUT2D eigenvalue weighted by Gasteiger charge is 2.14. The molecule has 0 heterocycles. The van der Waals surface area contributed by atoms with Crippen molar-refractivity contribution in [2.75, 3.05) is 13.7 Å². The Morgan fingerprint density at radius 3 is 2.65 bits per heavy atom. The Balaban J connectivity index is 2.37. The average Bonchev–Trinajstić information content (AvgIpc) is 2.36. The van der Waals surface area contributed by atoms with E-state index in [9.17, 15) is 4.79 Å². The zero-order valence-electron chi connectivity index (χ0n) is 10.3. The van der Waals surface area contributed by atoms with Crippen LogP contribution in [0.5, 0.6) is 0 Å². The van der Waals surface area contributed by atoms with Gasteiger partial charge in [-0.2, -0.15) is 0 Å². The van der Waals surface area contributed by atoms with Crippen molar-refractivity contribution in [2.45, 2.75) is 25.5 Å². The largest absolute Gasteiger partial charge is 0.380 e. The van der Waals surface area contributed by atoms with Gasteiger partial charge in [-0.3, -0.25) is 4.79 Å². The van der Waals surface area contributed by atoms with Gasteiger partial charge in [0.25, 0.3) is 0 Å². The lowest BCUT2D eigenvalue weighted by molar-refractivity contribution is -0.122. The van der Waals surface area contributed by atoms with Crippen LogP contribution in [0.2, 0.25) is 0 Å². The molecule has 1 rings (SSSR count). The summed E-state index contributed by atoms with van der Waals surface area (Å²) in [5.74, 6) is -0.141. The van der Waals surface area contributed by atoms with Crippen molar-refractivity contribution in [2.24, 2.45) is 5.73 Å². The molecule has 1 amide bonds. The van der Waals surface area contributed by atoms with Gasteiger partial charge < -0.3 is 15.8 Å². The van der Waals surface area contributed by atoms with Gasteiger partial charge in [-0.1, -0.05) is 30.3 Å². The van der Waals surface area contributed by atoms with Gasteiger partial charge in [-0.25, -0.2) is 0 Å². The third kappa shape index (κ3) is 4.97. The Hall–Kier alpha value is -1.39. The molecular weight excluding hydrogens is 216 g/mol. The zero-order chi connectivity index (χ0) is 12.7. The number of ether oxygens (including phenoxy) is 1. The topological polar surface area (TPSA) is 64.3 Å². The monoisotopic (exact) mass is 236 g/mol. The third-order valence-corrected chi connectivity index (χ3v) is 2.60. The van der Waals surface area contributed by atoms with Gasteiger partial charge in [0.2, 0.25) is 5.91 Å². The molecule has 1 unspecified atom stereocenters. The molecule has 0 spiro atoms. The molecule has 0 bridgehead atoms. The van der Waals surface area contributed by atoms with E-state index in [1.807, 2.05) is 37.3 Å². The summed E-state index contributed by atoms with van der Waals surface area (Å²) in [6.45, 7) is 2.38. The van der Waals surface area contributed by atoms with Crippen LogP contribution in [-0.2, 0) is 16.0 Å². The van der Waals surface area contributed by atoms with Crippen LogP contribution >= 0.6 is 0 Å². The molecule has 4 nitrogen and oxygen atoms in total. The summed E-state index contributed by atoms with van der Waals surface area (Å²) in [6.07, 6.45) is 0.552. The minimum absolute atomic E-state index is 0.00266. The minimum atomic E-state index is -0.513. The maximum Gasteiger partial charge on any atom is 0.237 e. The van der Waals surface area contributed by atoms with Gasteiger partial charge in [0.05, 0.1) is 12.1 Å². The molecule has 1 aromatic rings. The molecule has 0 aliphatic carbocycles. The number of benzene rings is 1. The Labute approximate surface area is 102 Å². The smallest absolute Gasteiger partial charge is 0.237 e. The van der Waals surface area contributed by atoms with E-state index in [0.29, 0.717) is 13.0 Å². The number of nitrogens with one attached hydrogen (secondary N) is 1. The zero-order valence-corrected chi connectivity index (χ0v) is 10.3. The van der Waals surface area contributed by atoms with Crippen LogP contribution in [0.15, 0.2) is 30.3 Å². The molecule has 0 fully saturated rings. The van der Waals surface area contributed by atoms with E-state index in [0.717, 1.165) is 5.56 Å². The Bertz CT molecular complexity index is 341. The summed E-state index contributed by atoms with van der Waals surface area (Å²) in [4.78, 5) is 11.7. The Morgan fingerprint density at radius 2 is 2.06 bits per heavy atom. The van der Waals surface area contributed by atoms with Crippen molar-refractivity contribution in [1.29, 1.82) is 0 Å². The predicted octanol–water partition coefficient (Wildman–Crippen LogP) is 0.708. The summed E-state index contributed by atoms with van der Waals surface area (Å²) >= 11 is 0. The van der Waals surface area contributed by atoms with Crippen molar-refractivity contribution in [3.05, 3.63) is 35.9 Å². The molecule has 0 radical (unpaired) electrons. The maximum absolute atomic E-state index is 11.7. The van der Waals surface area contributed by atoms with E-state index < -0.39 is 6.04 Å². The van der Waals surface area contributed by atoms with E-state index in [4.69, 9.17) is 10.5 Å². The maximum atomic E-state index is 11.7. The highest BCUT2D eigenvalue weighted by Crippen LogP contribution is 2.01. The van der Waals surface area contributed by atoms with E-state index >= 15 is 0 Å². The fourth-order valence-corrected chi connectivity index (χ4v) is 1.42. The molecule has 0 saturated carbocycles. The molecule has 0 aromatic heterocycles. The summed E-state index contributed by atoms with van der Waals surface area (Å²) < 4.78 is 5.04. The van der Waals surface area contributed by atoms with Crippen molar-refractivity contribution < 1.29 is 9.53 Å². The number of nitrogens with two attached hydrogens (primary N) is 1. The second-order valence-corrected chi connectivity index (χ2v) is 4.09. The number of rotatable bonds is 6. The van der Waals surface area contributed by atoms with Crippen molar-refractivity contribution in [3.8, 4) is 0 Å². The fourth-order valence-electron chi connectivity index (χ4n) is 1.42. The van der Waals surface area contributed by atoms with Crippen LogP contribution in [0.1, 0.15) is 12.5 Å². The first-order chi connectivity index (χ1) is 8.13. The second kappa shape index (κ2) is 7.04. The van der Waals surface area contributed by atoms with Crippen LogP contribution in [-0.4, -0.2) is 31.7 Å². The number of amides is 1. The van der Waals surface area contributed by atoms with E-state index in [2.05, 4.69) is 5.32 Å². The van der Waals surface area contributed by atoms with Gasteiger partial charge in [0.15, 0.2) is 0 Å². The Kier molecular flexibility index (Phi) is 5.66. The molecular formula is C13H20N2O2. The first-order valence-corrected chi connectivity index (χ1v) is 5.73. The lowest BCUT2D eigenvalue weighted by Gasteiger charge is -2.14. The van der Waals surface area contributed by atoms with E-state index in [-0.39, 0.29) is 12.0 Å². The van der Waals surface area contributed by atoms with Crippen molar-refractivity contribution in [3.63, 3.8) is 0 Å². The number of hydrogen-bond donors (Lipinski definition) is 2. The summed E-state index contributed by atoms with van der Waals surface area (Å²) in [5.41, 5.74) is 6.89. The molecule has 0 aliphatic heterocycles. The fraction of sp³-hybridized carbons (Fsp3) is 0.462. The van der Waals surface area contributed by atoms with Gasteiger partial charge in [0, 0.05) is 13.7 Å². The quantitative estimate of drug-likeness (QED) is 0.764. The van der Waals surface area contributed by atoms with Crippen LogP contribution < -0.4 is 11.1 Å². The van der Waals surface area contributed by atoms with Crippen molar-refractivity contribution in [1.82, 2.24) is 5.32 Å². The Morgan fingerprint density at radius 1 is 1.41 bits per heavy atom. The molecule has 0 saturated heterocycles.